The van der Waals surface area contributed by atoms with Crippen molar-refractivity contribution >= 4 is 16.9 Å². The molecular formula is C21H24FN5O. The number of halogens is 1. The lowest BCUT2D eigenvalue weighted by molar-refractivity contribution is -0.132. The van der Waals surface area contributed by atoms with Crippen molar-refractivity contribution in [2.24, 2.45) is 5.73 Å². The number of benzene rings is 2. The van der Waals surface area contributed by atoms with Gasteiger partial charge < -0.3 is 10.6 Å². The molecule has 0 unspecified atom stereocenters. The van der Waals surface area contributed by atoms with E-state index in [4.69, 9.17) is 5.73 Å². The summed E-state index contributed by atoms with van der Waals surface area (Å²) in [4.78, 5) is 14.5. The van der Waals surface area contributed by atoms with Gasteiger partial charge >= 0.3 is 0 Å². The first-order valence-electron chi connectivity index (χ1n) is 9.68. The van der Waals surface area contributed by atoms with Gasteiger partial charge in [0.05, 0.1) is 11.6 Å². The Hall–Kier alpha value is -2.80. The number of nitrogens with two attached hydrogens (primary N) is 1. The van der Waals surface area contributed by atoms with Gasteiger partial charge in [-0.1, -0.05) is 35.5 Å². The fourth-order valence-electron chi connectivity index (χ4n) is 3.89. The molecule has 28 heavy (non-hydrogen) atoms. The quantitative estimate of drug-likeness (QED) is 0.737. The first-order chi connectivity index (χ1) is 13.6. The van der Waals surface area contributed by atoms with Gasteiger partial charge in [-0.05, 0) is 43.0 Å². The monoisotopic (exact) mass is 381 g/mol. The van der Waals surface area contributed by atoms with Crippen LogP contribution in [0.5, 0.6) is 0 Å². The third-order valence-corrected chi connectivity index (χ3v) is 5.42. The number of hydrogen-bond donors (Lipinski definition) is 1. The predicted octanol–water partition coefficient (Wildman–Crippen LogP) is 2.69. The summed E-state index contributed by atoms with van der Waals surface area (Å²) in [5, 5.41) is 8.52. The summed E-state index contributed by atoms with van der Waals surface area (Å²) >= 11 is 0. The average molecular weight is 381 g/mol. The minimum Gasteiger partial charge on any atom is -0.342 e. The van der Waals surface area contributed by atoms with E-state index in [1.165, 1.54) is 6.07 Å². The zero-order chi connectivity index (χ0) is 19.5. The normalized spacial score (nSPS) is 16.4. The van der Waals surface area contributed by atoms with Crippen molar-refractivity contribution in [3.63, 3.8) is 0 Å². The van der Waals surface area contributed by atoms with Crippen LogP contribution in [-0.2, 0) is 11.2 Å². The van der Waals surface area contributed by atoms with Crippen molar-refractivity contribution in [2.75, 3.05) is 13.1 Å². The molecule has 1 aliphatic heterocycles. The number of para-hydroxylation sites is 1. The number of fused-ring (bicyclic) bond motifs is 1. The molecule has 6 nitrogen and oxygen atoms in total. The van der Waals surface area contributed by atoms with Crippen LogP contribution in [0.3, 0.4) is 0 Å². The van der Waals surface area contributed by atoms with Crippen molar-refractivity contribution in [1.29, 1.82) is 0 Å². The molecule has 1 atom stereocenters. The van der Waals surface area contributed by atoms with Crippen LogP contribution in [0, 0.1) is 5.82 Å². The number of rotatable bonds is 5. The smallest absolute Gasteiger partial charge is 0.224 e. The van der Waals surface area contributed by atoms with Gasteiger partial charge in [-0.2, -0.15) is 0 Å². The predicted molar refractivity (Wildman–Crippen MR) is 105 cm³/mol. The maximum absolute atomic E-state index is 13.8. The van der Waals surface area contributed by atoms with Gasteiger partial charge in [0.1, 0.15) is 11.3 Å². The molecule has 1 saturated heterocycles. The van der Waals surface area contributed by atoms with Crippen molar-refractivity contribution in [3.8, 4) is 0 Å². The molecule has 3 aromatic rings. The molecule has 0 bridgehead atoms. The first-order valence-corrected chi connectivity index (χ1v) is 9.68. The first kappa shape index (κ1) is 18.6. The molecule has 146 valence electrons. The summed E-state index contributed by atoms with van der Waals surface area (Å²) in [5.74, 6) is -0.239. The SMILES string of the molecule is N[C@@H](CC(=O)N1CCC(n2nnc3ccccc32)CC1)Cc1ccccc1F. The lowest BCUT2D eigenvalue weighted by atomic mass is 10.0. The van der Waals surface area contributed by atoms with Crippen LogP contribution < -0.4 is 5.73 Å². The van der Waals surface area contributed by atoms with Crippen LogP contribution in [0.25, 0.3) is 11.0 Å². The van der Waals surface area contributed by atoms with Crippen molar-refractivity contribution in [1.82, 2.24) is 19.9 Å². The van der Waals surface area contributed by atoms with E-state index in [1.54, 1.807) is 18.2 Å². The molecule has 0 saturated carbocycles. The molecule has 2 heterocycles. The van der Waals surface area contributed by atoms with Gasteiger partial charge in [-0.25, -0.2) is 9.07 Å². The van der Waals surface area contributed by atoms with Crippen LogP contribution >= 0.6 is 0 Å². The maximum Gasteiger partial charge on any atom is 0.224 e. The molecule has 0 radical (unpaired) electrons. The second-order valence-electron chi connectivity index (χ2n) is 7.39. The summed E-state index contributed by atoms with van der Waals surface area (Å²) in [7, 11) is 0. The van der Waals surface area contributed by atoms with E-state index in [0.29, 0.717) is 25.1 Å². The van der Waals surface area contributed by atoms with Gasteiger partial charge in [-0.3, -0.25) is 4.79 Å². The van der Waals surface area contributed by atoms with Crippen molar-refractivity contribution < 1.29 is 9.18 Å². The molecule has 1 fully saturated rings. The standard InChI is InChI=1S/C21H24FN5O/c22-18-6-2-1-5-15(18)13-16(23)14-21(28)26-11-9-17(10-12-26)27-20-8-4-3-7-19(20)24-25-27/h1-8,16-17H,9-14,23H2/t16-/m1/s1. The number of nitrogens with zero attached hydrogens (tertiary/aromatic N) is 4. The van der Waals surface area contributed by atoms with E-state index in [1.807, 2.05) is 33.8 Å². The second-order valence-corrected chi connectivity index (χ2v) is 7.39. The zero-order valence-corrected chi connectivity index (χ0v) is 15.7. The average Bonchev–Trinajstić information content (AvgIpc) is 3.14. The molecule has 2 N–H and O–H groups in total. The van der Waals surface area contributed by atoms with E-state index in [2.05, 4.69) is 10.3 Å². The Morgan fingerprint density at radius 1 is 1.14 bits per heavy atom. The number of carbonyl (C=O) groups excluding carboxylic acids is 1. The lowest BCUT2D eigenvalue weighted by Gasteiger charge is -2.32. The minimum absolute atomic E-state index is 0.0331. The minimum atomic E-state index is -0.388. The molecule has 7 heteroatoms. The molecule has 0 aliphatic carbocycles. The fraction of sp³-hybridized carbons (Fsp3) is 0.381. The van der Waals surface area contributed by atoms with Gasteiger partial charge in [0.2, 0.25) is 5.91 Å². The Labute approximate surface area is 163 Å². The Balaban J connectivity index is 1.32. The van der Waals surface area contributed by atoms with E-state index in [0.717, 1.165) is 23.9 Å². The highest BCUT2D eigenvalue weighted by molar-refractivity contribution is 5.77. The van der Waals surface area contributed by atoms with Crippen LogP contribution in [0.15, 0.2) is 48.5 Å². The molecule has 1 aliphatic rings. The summed E-state index contributed by atoms with van der Waals surface area (Å²) in [6.45, 7) is 1.34. The number of hydrogen-bond acceptors (Lipinski definition) is 4. The molecule has 1 aromatic heterocycles. The number of carbonyl (C=O) groups is 1. The molecule has 2 aromatic carbocycles. The van der Waals surface area contributed by atoms with Gasteiger partial charge in [0, 0.05) is 25.6 Å². The fourth-order valence-corrected chi connectivity index (χ4v) is 3.89. The zero-order valence-electron chi connectivity index (χ0n) is 15.7. The number of amides is 1. The highest BCUT2D eigenvalue weighted by Gasteiger charge is 2.26. The Morgan fingerprint density at radius 3 is 2.64 bits per heavy atom. The van der Waals surface area contributed by atoms with Gasteiger partial charge in [-0.15, -0.1) is 5.10 Å². The molecule has 4 rings (SSSR count). The van der Waals surface area contributed by atoms with E-state index in [9.17, 15) is 9.18 Å². The third-order valence-electron chi connectivity index (χ3n) is 5.42. The molecule has 0 spiro atoms. The van der Waals surface area contributed by atoms with Crippen LogP contribution in [0.4, 0.5) is 4.39 Å². The lowest BCUT2D eigenvalue weighted by Crippen LogP contribution is -2.42. The highest BCUT2D eigenvalue weighted by atomic mass is 19.1. The van der Waals surface area contributed by atoms with Crippen LogP contribution in [-0.4, -0.2) is 44.9 Å². The second kappa shape index (κ2) is 8.06. The summed E-state index contributed by atoms with van der Waals surface area (Å²) in [6.07, 6.45) is 2.26. The van der Waals surface area contributed by atoms with E-state index < -0.39 is 0 Å². The third kappa shape index (κ3) is 3.89. The van der Waals surface area contributed by atoms with E-state index in [-0.39, 0.29) is 30.2 Å². The summed E-state index contributed by atoms with van der Waals surface area (Å²) in [5.41, 5.74) is 8.58. The highest BCUT2D eigenvalue weighted by Crippen LogP contribution is 2.25. The largest absolute Gasteiger partial charge is 0.342 e. The molecular weight excluding hydrogens is 357 g/mol. The van der Waals surface area contributed by atoms with Gasteiger partial charge in [0.15, 0.2) is 0 Å². The van der Waals surface area contributed by atoms with E-state index >= 15 is 0 Å². The number of aromatic nitrogens is 3. The summed E-state index contributed by atoms with van der Waals surface area (Å²) in [6, 6.07) is 14.3. The summed E-state index contributed by atoms with van der Waals surface area (Å²) < 4.78 is 15.7. The van der Waals surface area contributed by atoms with Crippen molar-refractivity contribution in [3.05, 3.63) is 59.9 Å². The van der Waals surface area contributed by atoms with Gasteiger partial charge in [0.25, 0.3) is 0 Å². The number of piperidine rings is 1. The maximum atomic E-state index is 13.8. The molecule has 1 amide bonds. The number of likely N-dealkylation sites (tertiary alicyclic amines) is 1. The Kier molecular flexibility index (Phi) is 5.34. The Morgan fingerprint density at radius 2 is 1.86 bits per heavy atom. The van der Waals surface area contributed by atoms with Crippen molar-refractivity contribution in [2.45, 2.75) is 37.8 Å². The van der Waals surface area contributed by atoms with Crippen LogP contribution in [0.2, 0.25) is 0 Å². The van der Waals surface area contributed by atoms with Crippen LogP contribution in [0.1, 0.15) is 30.9 Å². The Bertz CT molecular complexity index is 964. The topological polar surface area (TPSA) is 77.0 Å².